The summed E-state index contributed by atoms with van der Waals surface area (Å²) in [7, 11) is 0. The number of hydrogen-bond donors (Lipinski definition) is 0. The van der Waals surface area contributed by atoms with E-state index in [0.29, 0.717) is 10.0 Å². The molecule has 0 amide bonds. The molecule has 4 nitrogen and oxygen atoms in total. The Morgan fingerprint density at radius 3 is 2.71 bits per heavy atom. The van der Waals surface area contributed by atoms with Gasteiger partial charge in [0.15, 0.2) is 0 Å². The summed E-state index contributed by atoms with van der Waals surface area (Å²) in [6.07, 6.45) is 0.230. The number of rotatable bonds is 3. The molecule has 0 aliphatic heterocycles. The summed E-state index contributed by atoms with van der Waals surface area (Å²) >= 11 is 3.07. The topological polar surface area (TPSA) is 60.2 Å². The van der Waals surface area contributed by atoms with Gasteiger partial charge in [-0.05, 0) is 34.5 Å². The van der Waals surface area contributed by atoms with Crippen molar-refractivity contribution in [3.8, 4) is 0 Å². The number of halogens is 1. The number of carbonyl (C=O) groups excluding carboxylic acids is 1. The molecular formula is C9H8BrNO3. The van der Waals surface area contributed by atoms with Gasteiger partial charge in [-0.25, -0.2) is 0 Å². The molecule has 1 rings (SSSR count). The van der Waals surface area contributed by atoms with Gasteiger partial charge in [0.2, 0.25) is 0 Å². The van der Waals surface area contributed by atoms with Gasteiger partial charge in [0.1, 0.15) is 5.78 Å². The second-order valence-electron chi connectivity index (χ2n) is 2.92. The molecule has 74 valence electrons. The summed E-state index contributed by atoms with van der Waals surface area (Å²) in [6, 6.07) is 4.68. The third kappa shape index (κ3) is 2.63. The molecule has 0 spiro atoms. The largest absolute Gasteiger partial charge is 0.300 e. The maximum atomic E-state index is 10.8. The fourth-order valence-corrected chi connectivity index (χ4v) is 1.49. The molecule has 0 radical (unpaired) electrons. The first-order chi connectivity index (χ1) is 6.50. The minimum atomic E-state index is -0.478. The number of nitro groups is 1. The summed E-state index contributed by atoms with van der Waals surface area (Å²) in [6.45, 7) is 1.45. The summed E-state index contributed by atoms with van der Waals surface area (Å²) in [4.78, 5) is 20.9. The summed E-state index contributed by atoms with van der Waals surface area (Å²) < 4.78 is 0.426. The Balaban J connectivity index is 3.06. The molecule has 0 aromatic heterocycles. The molecule has 0 unspecified atom stereocenters. The predicted octanol–water partition coefficient (Wildman–Crippen LogP) is 2.49. The molecular weight excluding hydrogens is 250 g/mol. The van der Waals surface area contributed by atoms with Crippen LogP contribution in [-0.4, -0.2) is 10.7 Å². The molecule has 1 aromatic rings. The highest BCUT2D eigenvalue weighted by molar-refractivity contribution is 9.10. The second kappa shape index (κ2) is 4.32. The van der Waals surface area contributed by atoms with Crippen LogP contribution in [0.5, 0.6) is 0 Å². The van der Waals surface area contributed by atoms with Crippen LogP contribution in [0, 0.1) is 10.1 Å². The average molecular weight is 258 g/mol. The second-order valence-corrected chi connectivity index (χ2v) is 3.78. The Labute approximate surface area is 89.2 Å². The van der Waals surface area contributed by atoms with Crippen molar-refractivity contribution in [2.75, 3.05) is 0 Å². The highest BCUT2D eigenvalue weighted by Gasteiger charge is 2.12. The van der Waals surface area contributed by atoms with Gasteiger partial charge in [-0.1, -0.05) is 6.07 Å². The van der Waals surface area contributed by atoms with Crippen molar-refractivity contribution in [3.63, 3.8) is 0 Å². The minimum Gasteiger partial charge on any atom is -0.300 e. The van der Waals surface area contributed by atoms with Crippen molar-refractivity contribution >= 4 is 27.4 Å². The number of ketones is 1. The summed E-state index contributed by atoms with van der Waals surface area (Å²) in [5.41, 5.74) is 0.649. The smallest absolute Gasteiger partial charge is 0.283 e. The van der Waals surface area contributed by atoms with Crippen molar-refractivity contribution in [1.82, 2.24) is 0 Å². The van der Waals surface area contributed by atoms with E-state index in [2.05, 4.69) is 15.9 Å². The molecule has 1 aromatic carbocycles. The van der Waals surface area contributed by atoms with Crippen molar-refractivity contribution in [2.45, 2.75) is 13.3 Å². The van der Waals surface area contributed by atoms with Crippen LogP contribution in [0.3, 0.4) is 0 Å². The molecule has 0 saturated heterocycles. The fourth-order valence-electron chi connectivity index (χ4n) is 1.10. The Morgan fingerprint density at radius 1 is 1.57 bits per heavy atom. The van der Waals surface area contributed by atoms with Gasteiger partial charge in [0, 0.05) is 12.5 Å². The van der Waals surface area contributed by atoms with Crippen molar-refractivity contribution in [3.05, 3.63) is 38.3 Å². The number of Topliss-reactive ketones (excluding diaryl/α,β-unsaturated/α-hetero) is 1. The van der Waals surface area contributed by atoms with E-state index in [-0.39, 0.29) is 17.9 Å². The number of carbonyl (C=O) groups is 1. The molecule has 0 aliphatic carbocycles. The van der Waals surface area contributed by atoms with E-state index in [1.807, 2.05) is 0 Å². The van der Waals surface area contributed by atoms with Gasteiger partial charge in [-0.2, -0.15) is 0 Å². The lowest BCUT2D eigenvalue weighted by Gasteiger charge is -1.99. The fraction of sp³-hybridized carbons (Fsp3) is 0.222. The SMILES string of the molecule is CC(=O)Cc1ccc(Br)c([N+](=O)[O-])c1. The van der Waals surface area contributed by atoms with Gasteiger partial charge < -0.3 is 0 Å². The van der Waals surface area contributed by atoms with Gasteiger partial charge in [-0.15, -0.1) is 0 Å². The molecule has 5 heteroatoms. The molecule has 14 heavy (non-hydrogen) atoms. The minimum absolute atomic E-state index is 0.0104. The van der Waals surface area contributed by atoms with Crippen LogP contribution in [-0.2, 0) is 11.2 Å². The van der Waals surface area contributed by atoms with E-state index >= 15 is 0 Å². The van der Waals surface area contributed by atoms with Crippen LogP contribution in [0.25, 0.3) is 0 Å². The quantitative estimate of drug-likeness (QED) is 0.618. The Hall–Kier alpha value is -1.23. The first-order valence-corrected chi connectivity index (χ1v) is 4.72. The Kier molecular flexibility index (Phi) is 3.35. The van der Waals surface area contributed by atoms with Crippen molar-refractivity contribution in [2.24, 2.45) is 0 Å². The van der Waals surface area contributed by atoms with Crippen LogP contribution in [0.2, 0.25) is 0 Å². The summed E-state index contributed by atoms with van der Waals surface area (Å²) in [5.74, 6) is -0.0124. The lowest BCUT2D eigenvalue weighted by molar-refractivity contribution is -0.385. The molecule has 0 atom stereocenters. The number of benzene rings is 1. The molecule has 0 heterocycles. The highest BCUT2D eigenvalue weighted by atomic mass is 79.9. The van der Waals surface area contributed by atoms with E-state index in [1.54, 1.807) is 12.1 Å². The molecule has 0 aliphatic rings. The van der Waals surface area contributed by atoms with Crippen LogP contribution in [0.15, 0.2) is 22.7 Å². The van der Waals surface area contributed by atoms with E-state index < -0.39 is 4.92 Å². The normalized spacial score (nSPS) is 9.86. The Bertz CT molecular complexity index is 390. The standard InChI is InChI=1S/C9H8BrNO3/c1-6(12)4-7-2-3-8(10)9(5-7)11(13)14/h2-3,5H,4H2,1H3. The lowest BCUT2D eigenvalue weighted by Crippen LogP contribution is -1.98. The zero-order valence-corrected chi connectivity index (χ0v) is 9.08. The summed E-state index contributed by atoms with van der Waals surface area (Å²) in [5, 5.41) is 10.6. The lowest BCUT2D eigenvalue weighted by atomic mass is 10.1. The monoisotopic (exact) mass is 257 g/mol. The first kappa shape index (κ1) is 10.8. The number of hydrogen-bond acceptors (Lipinski definition) is 3. The number of nitrogens with zero attached hydrogens (tertiary/aromatic N) is 1. The third-order valence-electron chi connectivity index (χ3n) is 1.66. The van der Waals surface area contributed by atoms with Gasteiger partial charge in [-0.3, -0.25) is 14.9 Å². The van der Waals surface area contributed by atoms with Gasteiger partial charge >= 0.3 is 0 Å². The van der Waals surface area contributed by atoms with Crippen LogP contribution in [0.1, 0.15) is 12.5 Å². The van der Waals surface area contributed by atoms with E-state index in [1.165, 1.54) is 13.0 Å². The van der Waals surface area contributed by atoms with Crippen LogP contribution in [0.4, 0.5) is 5.69 Å². The van der Waals surface area contributed by atoms with Crippen LogP contribution >= 0.6 is 15.9 Å². The molecule has 0 bridgehead atoms. The zero-order chi connectivity index (χ0) is 10.7. The Morgan fingerprint density at radius 2 is 2.21 bits per heavy atom. The van der Waals surface area contributed by atoms with Gasteiger partial charge in [0.25, 0.3) is 5.69 Å². The zero-order valence-electron chi connectivity index (χ0n) is 7.49. The van der Waals surface area contributed by atoms with Crippen molar-refractivity contribution < 1.29 is 9.72 Å². The predicted molar refractivity (Wildman–Crippen MR) is 55.2 cm³/mol. The molecule has 0 N–H and O–H groups in total. The average Bonchev–Trinajstić information content (AvgIpc) is 2.07. The van der Waals surface area contributed by atoms with E-state index in [0.717, 1.165) is 0 Å². The number of nitro benzene ring substituents is 1. The van der Waals surface area contributed by atoms with Crippen LogP contribution < -0.4 is 0 Å². The van der Waals surface area contributed by atoms with Gasteiger partial charge in [0.05, 0.1) is 9.40 Å². The third-order valence-corrected chi connectivity index (χ3v) is 2.33. The molecule has 0 saturated carbocycles. The van der Waals surface area contributed by atoms with Crippen molar-refractivity contribution in [1.29, 1.82) is 0 Å². The highest BCUT2D eigenvalue weighted by Crippen LogP contribution is 2.25. The first-order valence-electron chi connectivity index (χ1n) is 3.93. The van der Waals surface area contributed by atoms with E-state index in [9.17, 15) is 14.9 Å². The van der Waals surface area contributed by atoms with E-state index in [4.69, 9.17) is 0 Å². The maximum Gasteiger partial charge on any atom is 0.283 e. The molecule has 0 fully saturated rings. The maximum absolute atomic E-state index is 10.8.